The highest BCUT2D eigenvalue weighted by Crippen LogP contribution is 2.13. The van der Waals surface area contributed by atoms with Crippen molar-refractivity contribution in [3.05, 3.63) is 36.2 Å². The Kier molecular flexibility index (Phi) is 2.18. The molecule has 0 saturated carbocycles. The highest BCUT2D eigenvalue weighted by atomic mass is 15.4. The Labute approximate surface area is 82.6 Å². The first kappa shape index (κ1) is 8.74. The molecule has 0 saturated heterocycles. The highest BCUT2D eigenvalue weighted by Gasteiger charge is 1.99. The molecule has 72 valence electrons. The van der Waals surface area contributed by atoms with Crippen molar-refractivity contribution in [1.29, 1.82) is 0 Å². The van der Waals surface area contributed by atoms with Gasteiger partial charge in [0.15, 0.2) is 0 Å². The van der Waals surface area contributed by atoms with Gasteiger partial charge in [0.1, 0.15) is 6.33 Å². The normalized spacial score (nSPS) is 10.1. The van der Waals surface area contributed by atoms with Crippen LogP contribution >= 0.6 is 0 Å². The van der Waals surface area contributed by atoms with Crippen molar-refractivity contribution in [1.82, 2.24) is 14.8 Å². The van der Waals surface area contributed by atoms with Crippen LogP contribution in [0.25, 0.3) is 0 Å². The summed E-state index contributed by atoms with van der Waals surface area (Å²) in [7, 11) is 1.85. The summed E-state index contributed by atoms with van der Waals surface area (Å²) in [5.41, 5.74) is 2.26. The van der Waals surface area contributed by atoms with Gasteiger partial charge in [0, 0.05) is 12.7 Å². The van der Waals surface area contributed by atoms with Crippen LogP contribution in [0.1, 0.15) is 5.56 Å². The van der Waals surface area contributed by atoms with Crippen molar-refractivity contribution in [2.24, 2.45) is 7.05 Å². The topological polar surface area (TPSA) is 42.7 Å². The summed E-state index contributed by atoms with van der Waals surface area (Å²) in [6.45, 7) is 2.06. The molecule has 0 bridgehead atoms. The van der Waals surface area contributed by atoms with Gasteiger partial charge in [-0.05, 0) is 19.1 Å². The Hall–Kier alpha value is -1.84. The Balaban J connectivity index is 2.19. The first-order valence-corrected chi connectivity index (χ1v) is 4.43. The number of nitrogens with one attached hydrogen (secondary N) is 1. The van der Waals surface area contributed by atoms with E-state index in [1.54, 1.807) is 4.68 Å². The van der Waals surface area contributed by atoms with E-state index >= 15 is 0 Å². The van der Waals surface area contributed by atoms with E-state index in [9.17, 15) is 0 Å². The number of rotatable bonds is 2. The number of hydrogen-bond donors (Lipinski definition) is 1. The van der Waals surface area contributed by atoms with Crippen LogP contribution in [0.5, 0.6) is 0 Å². The third kappa shape index (κ3) is 1.74. The van der Waals surface area contributed by atoms with E-state index in [2.05, 4.69) is 34.5 Å². The fourth-order valence-electron chi connectivity index (χ4n) is 1.18. The zero-order chi connectivity index (χ0) is 9.97. The molecular weight excluding hydrogens is 176 g/mol. The second kappa shape index (κ2) is 3.49. The smallest absolute Gasteiger partial charge is 0.225 e. The third-order valence-corrected chi connectivity index (χ3v) is 2.02. The molecule has 14 heavy (non-hydrogen) atoms. The summed E-state index contributed by atoms with van der Waals surface area (Å²) >= 11 is 0. The molecule has 2 aromatic rings. The Morgan fingerprint density at radius 2 is 1.93 bits per heavy atom. The zero-order valence-electron chi connectivity index (χ0n) is 8.23. The molecule has 1 N–H and O–H groups in total. The van der Waals surface area contributed by atoms with Crippen LogP contribution in [0.3, 0.4) is 0 Å². The largest absolute Gasteiger partial charge is 0.324 e. The standard InChI is InChI=1S/C10H12N4/c1-8-3-5-9(6-4-8)13-10-11-7-12-14(10)2/h3-7H,1-2H3,(H,11,12,13). The maximum absolute atomic E-state index is 4.07. The van der Waals surface area contributed by atoms with E-state index < -0.39 is 0 Å². The minimum Gasteiger partial charge on any atom is -0.324 e. The number of nitrogens with zero attached hydrogens (tertiary/aromatic N) is 3. The minimum atomic E-state index is 0.744. The average Bonchev–Trinajstić information content (AvgIpc) is 2.56. The lowest BCUT2D eigenvalue weighted by Gasteiger charge is -2.04. The SMILES string of the molecule is Cc1ccc(Nc2ncnn2C)cc1. The molecule has 0 aliphatic heterocycles. The van der Waals surface area contributed by atoms with Gasteiger partial charge >= 0.3 is 0 Å². The van der Waals surface area contributed by atoms with Crippen molar-refractivity contribution in [2.45, 2.75) is 6.92 Å². The maximum atomic E-state index is 4.07. The Morgan fingerprint density at radius 3 is 2.50 bits per heavy atom. The van der Waals surface area contributed by atoms with Crippen molar-refractivity contribution < 1.29 is 0 Å². The van der Waals surface area contributed by atoms with Gasteiger partial charge in [-0.2, -0.15) is 10.1 Å². The van der Waals surface area contributed by atoms with E-state index in [0.717, 1.165) is 11.6 Å². The molecule has 0 amide bonds. The van der Waals surface area contributed by atoms with Crippen molar-refractivity contribution in [3.8, 4) is 0 Å². The molecule has 4 nitrogen and oxygen atoms in total. The van der Waals surface area contributed by atoms with E-state index in [1.165, 1.54) is 11.9 Å². The fraction of sp³-hybridized carbons (Fsp3) is 0.200. The van der Waals surface area contributed by atoms with Gasteiger partial charge in [-0.3, -0.25) is 0 Å². The molecular formula is C10H12N4. The van der Waals surface area contributed by atoms with Crippen LogP contribution in [0.2, 0.25) is 0 Å². The van der Waals surface area contributed by atoms with Gasteiger partial charge in [-0.25, -0.2) is 4.68 Å². The first-order valence-electron chi connectivity index (χ1n) is 4.43. The summed E-state index contributed by atoms with van der Waals surface area (Å²) in [6.07, 6.45) is 1.52. The molecule has 0 radical (unpaired) electrons. The summed E-state index contributed by atoms with van der Waals surface area (Å²) in [6, 6.07) is 8.14. The van der Waals surface area contributed by atoms with Crippen molar-refractivity contribution in [3.63, 3.8) is 0 Å². The minimum absolute atomic E-state index is 0.744. The van der Waals surface area contributed by atoms with E-state index in [0.29, 0.717) is 0 Å². The predicted molar refractivity (Wildman–Crippen MR) is 55.5 cm³/mol. The molecule has 1 aromatic carbocycles. The summed E-state index contributed by atoms with van der Waals surface area (Å²) < 4.78 is 1.69. The van der Waals surface area contributed by atoms with Crippen LogP contribution in [0.4, 0.5) is 11.6 Å². The number of hydrogen-bond acceptors (Lipinski definition) is 3. The fourth-order valence-corrected chi connectivity index (χ4v) is 1.18. The molecule has 0 atom stereocenters. The lowest BCUT2D eigenvalue weighted by Crippen LogP contribution is -1.99. The van der Waals surface area contributed by atoms with Crippen LogP contribution in [0, 0.1) is 6.92 Å². The molecule has 0 aliphatic rings. The Morgan fingerprint density at radius 1 is 1.21 bits per heavy atom. The molecule has 0 fully saturated rings. The second-order valence-electron chi connectivity index (χ2n) is 3.20. The molecule has 0 unspecified atom stereocenters. The summed E-state index contributed by atoms with van der Waals surface area (Å²) in [4.78, 5) is 4.07. The van der Waals surface area contributed by atoms with Gasteiger partial charge in [-0.1, -0.05) is 17.7 Å². The van der Waals surface area contributed by atoms with Gasteiger partial charge in [-0.15, -0.1) is 0 Å². The van der Waals surface area contributed by atoms with Crippen LogP contribution in [-0.4, -0.2) is 14.8 Å². The molecule has 1 heterocycles. The van der Waals surface area contributed by atoms with Crippen molar-refractivity contribution >= 4 is 11.6 Å². The van der Waals surface area contributed by atoms with Gasteiger partial charge in [0.2, 0.25) is 5.95 Å². The third-order valence-electron chi connectivity index (χ3n) is 2.02. The Bertz CT molecular complexity index is 416. The first-order chi connectivity index (χ1) is 6.75. The van der Waals surface area contributed by atoms with E-state index in [1.807, 2.05) is 19.2 Å². The second-order valence-corrected chi connectivity index (χ2v) is 3.20. The number of aromatic nitrogens is 3. The van der Waals surface area contributed by atoms with Gasteiger partial charge in [0.05, 0.1) is 0 Å². The van der Waals surface area contributed by atoms with Gasteiger partial charge < -0.3 is 5.32 Å². The van der Waals surface area contributed by atoms with E-state index in [4.69, 9.17) is 0 Å². The molecule has 0 aliphatic carbocycles. The van der Waals surface area contributed by atoms with Crippen LogP contribution in [0.15, 0.2) is 30.6 Å². The van der Waals surface area contributed by atoms with E-state index in [-0.39, 0.29) is 0 Å². The van der Waals surface area contributed by atoms with Crippen LogP contribution < -0.4 is 5.32 Å². The monoisotopic (exact) mass is 188 g/mol. The zero-order valence-corrected chi connectivity index (χ0v) is 8.23. The summed E-state index contributed by atoms with van der Waals surface area (Å²) in [5.74, 6) is 0.744. The van der Waals surface area contributed by atoms with Gasteiger partial charge in [0.25, 0.3) is 0 Å². The highest BCUT2D eigenvalue weighted by molar-refractivity contribution is 5.53. The average molecular weight is 188 g/mol. The maximum Gasteiger partial charge on any atom is 0.225 e. The number of aryl methyl sites for hydroxylation is 2. The lowest BCUT2D eigenvalue weighted by atomic mass is 10.2. The quantitative estimate of drug-likeness (QED) is 0.782. The predicted octanol–water partition coefficient (Wildman–Crippen LogP) is 1.87. The van der Waals surface area contributed by atoms with Crippen LogP contribution in [-0.2, 0) is 7.05 Å². The molecule has 4 heteroatoms. The van der Waals surface area contributed by atoms with Crippen molar-refractivity contribution in [2.75, 3.05) is 5.32 Å². The molecule has 2 rings (SSSR count). The summed E-state index contributed by atoms with van der Waals surface area (Å²) in [5, 5.41) is 7.14. The lowest BCUT2D eigenvalue weighted by molar-refractivity contribution is 0.775. The molecule has 1 aromatic heterocycles. The number of benzene rings is 1. The molecule has 0 spiro atoms. The number of anilines is 2.